The van der Waals surface area contributed by atoms with Gasteiger partial charge in [0.2, 0.25) is 47.3 Å². The molecule has 6 rings (SSSR count). The molecule has 0 saturated carbocycles. The van der Waals surface area contributed by atoms with Gasteiger partial charge in [0.25, 0.3) is 0 Å². The SMILES string of the molecule is NC(=O)[C@H](CCCCNC(=O)CCCC[C@@H]1SC[C@@H]2NC(=O)N[C@@H]21)NC(=O)CNC(=O)CNC(=O)[C@H](Cc1c[nH]c2ccccc12)NC(=O)[C@H](Cc1ccc(O)cc1)NC(=O)C(CCCc1ccccc1)CC(=O)NO. The number of thioether (sulfide) groups is 1. The molecule has 2 aliphatic heterocycles. The van der Waals surface area contributed by atoms with Crippen LogP contribution >= 0.6 is 11.8 Å². The second-order valence-electron chi connectivity index (χ2n) is 19.1. The number of hydrogen-bond donors (Lipinski definition) is 13. The number of aromatic amines is 1. The molecular formula is C53H69N11O11S. The number of H-pyrrole nitrogens is 1. The summed E-state index contributed by atoms with van der Waals surface area (Å²) in [6.45, 7) is -0.796. The minimum Gasteiger partial charge on any atom is -0.508 e. The molecule has 0 radical (unpaired) electrons. The molecule has 10 amide bonds. The first-order chi connectivity index (χ1) is 36.6. The maximum absolute atomic E-state index is 14.4. The normalized spacial score (nSPS) is 17.1. The Bertz CT molecular complexity index is 2640. The van der Waals surface area contributed by atoms with Crippen LogP contribution in [-0.4, -0.2) is 129 Å². The van der Waals surface area contributed by atoms with Gasteiger partial charge in [0.15, 0.2) is 0 Å². The van der Waals surface area contributed by atoms with Gasteiger partial charge in [-0.25, -0.2) is 10.3 Å². The molecule has 76 heavy (non-hydrogen) atoms. The number of unbranched alkanes of at least 4 members (excludes halogenated alkanes) is 2. The molecule has 2 fully saturated rings. The molecule has 7 atom stereocenters. The fraction of sp³-hybridized carbons (Fsp3) is 0.453. The molecule has 23 heteroatoms. The number of hydroxylamine groups is 1. The lowest BCUT2D eigenvalue weighted by Crippen LogP contribution is -2.56. The molecule has 22 nitrogen and oxygen atoms in total. The number of aryl methyl sites for hydroxylation is 1. The average molecular weight is 1070 g/mol. The summed E-state index contributed by atoms with van der Waals surface area (Å²) in [4.78, 5) is 120. The van der Waals surface area contributed by atoms with Gasteiger partial charge in [-0.15, -0.1) is 0 Å². The van der Waals surface area contributed by atoms with E-state index in [1.165, 1.54) is 12.1 Å². The second-order valence-corrected chi connectivity index (χ2v) is 20.4. The third kappa shape index (κ3) is 18.3. The Labute approximate surface area is 444 Å². The monoisotopic (exact) mass is 1070 g/mol. The van der Waals surface area contributed by atoms with Crippen LogP contribution < -0.4 is 53.7 Å². The number of benzene rings is 3. The summed E-state index contributed by atoms with van der Waals surface area (Å²) in [5, 5.41) is 42.1. The van der Waals surface area contributed by atoms with Gasteiger partial charge in [-0.1, -0.05) is 67.1 Å². The molecule has 0 bridgehead atoms. The quantitative estimate of drug-likeness (QED) is 0.0147. The van der Waals surface area contributed by atoms with E-state index < -0.39 is 78.5 Å². The lowest BCUT2D eigenvalue weighted by atomic mass is 9.94. The molecule has 408 valence electrons. The number of carbonyl (C=O) groups is 9. The Kier molecular flexibility index (Phi) is 22.3. The third-order valence-corrected chi connectivity index (χ3v) is 14.9. The Morgan fingerprint density at radius 3 is 2.16 bits per heavy atom. The summed E-state index contributed by atoms with van der Waals surface area (Å²) >= 11 is 1.83. The summed E-state index contributed by atoms with van der Waals surface area (Å²) in [6.07, 6.45) is 6.51. The molecule has 0 aliphatic carbocycles. The number of carbonyl (C=O) groups excluding carboxylic acids is 9. The summed E-state index contributed by atoms with van der Waals surface area (Å²) in [5.41, 5.74) is 10.1. The van der Waals surface area contributed by atoms with Crippen LogP contribution in [0.3, 0.4) is 0 Å². The van der Waals surface area contributed by atoms with Gasteiger partial charge in [-0.2, -0.15) is 11.8 Å². The van der Waals surface area contributed by atoms with Crippen molar-refractivity contribution in [2.75, 3.05) is 25.4 Å². The molecule has 2 aliphatic rings. The molecule has 3 aromatic carbocycles. The van der Waals surface area contributed by atoms with E-state index in [2.05, 4.69) is 47.5 Å². The van der Waals surface area contributed by atoms with E-state index in [4.69, 9.17) is 5.73 Å². The number of para-hydroxylation sites is 1. The standard InChI is InChI=1S/C53H69N11O11S/c54-49(70)39(17-8-9-24-55-44(66)19-7-6-18-43-48-42(31-76-43)62-53(74)63-48)59-47(69)30-57-46(68)29-58-51(72)41(26-35-28-56-38-16-5-4-15-37(35)38)61-52(73)40(25-33-20-22-36(65)23-21-33)60-50(71)34(27-45(67)64-75)14-10-13-32-11-2-1-3-12-32/h1-5,11-12,15-16,20-23,28,34,39-43,48,56,65,75H,6-10,13-14,17-19,24-27,29-31H2,(H2,54,70)(H,55,66)(H,57,68)(H,58,72)(H,59,69)(H,60,71)(H,61,73)(H,64,67)(H2,62,63,74)/t34?,39-,40-,41-,42-,43-,48-/m0/s1. The molecule has 1 unspecified atom stereocenters. The second kappa shape index (κ2) is 29.4. The summed E-state index contributed by atoms with van der Waals surface area (Å²) in [5.74, 6) is -5.43. The number of amides is 10. The van der Waals surface area contributed by atoms with Gasteiger partial charge in [0.1, 0.15) is 23.9 Å². The Hall–Kier alpha value is -7.66. The lowest BCUT2D eigenvalue weighted by Gasteiger charge is -2.25. The number of aromatic hydroxyl groups is 1. The van der Waals surface area contributed by atoms with Crippen molar-refractivity contribution < 1.29 is 53.5 Å². The van der Waals surface area contributed by atoms with Crippen molar-refractivity contribution in [3.63, 3.8) is 0 Å². The van der Waals surface area contributed by atoms with E-state index >= 15 is 0 Å². The van der Waals surface area contributed by atoms with Crippen LogP contribution in [0.25, 0.3) is 10.9 Å². The van der Waals surface area contributed by atoms with Crippen molar-refractivity contribution in [1.29, 1.82) is 0 Å². The number of hydrogen-bond acceptors (Lipinski definition) is 12. The zero-order chi connectivity index (χ0) is 54.4. The molecule has 3 heterocycles. The number of phenols is 1. The Morgan fingerprint density at radius 2 is 1.39 bits per heavy atom. The fourth-order valence-corrected chi connectivity index (χ4v) is 10.8. The van der Waals surface area contributed by atoms with Gasteiger partial charge in [-0.3, -0.25) is 43.6 Å². The van der Waals surface area contributed by atoms with Crippen molar-refractivity contribution in [2.45, 2.75) is 119 Å². The smallest absolute Gasteiger partial charge is 0.315 e. The van der Waals surface area contributed by atoms with Crippen molar-refractivity contribution in [2.24, 2.45) is 11.7 Å². The number of urea groups is 1. The zero-order valence-corrected chi connectivity index (χ0v) is 43.0. The number of phenolic OH excluding ortho intramolecular Hbond substituents is 1. The van der Waals surface area contributed by atoms with E-state index in [0.29, 0.717) is 61.4 Å². The number of nitrogens with two attached hydrogens (primary N) is 1. The van der Waals surface area contributed by atoms with E-state index in [1.807, 2.05) is 66.4 Å². The number of primary amides is 1. The molecular weight excluding hydrogens is 999 g/mol. The summed E-state index contributed by atoms with van der Waals surface area (Å²) in [6, 6.07) is 19.3. The highest BCUT2D eigenvalue weighted by Crippen LogP contribution is 2.33. The van der Waals surface area contributed by atoms with Crippen LogP contribution in [0.15, 0.2) is 85.1 Å². The first-order valence-electron chi connectivity index (χ1n) is 25.6. The van der Waals surface area contributed by atoms with Crippen LogP contribution in [0.2, 0.25) is 0 Å². The summed E-state index contributed by atoms with van der Waals surface area (Å²) in [7, 11) is 0. The Balaban J connectivity index is 0.992. The molecule has 4 aromatic rings. The molecule has 2 saturated heterocycles. The minimum atomic E-state index is -1.32. The Morgan fingerprint density at radius 1 is 0.671 bits per heavy atom. The summed E-state index contributed by atoms with van der Waals surface area (Å²) < 4.78 is 0. The van der Waals surface area contributed by atoms with E-state index in [0.717, 1.165) is 35.1 Å². The number of rotatable bonds is 31. The van der Waals surface area contributed by atoms with Gasteiger partial charge in [-0.05, 0) is 86.3 Å². The average Bonchev–Trinajstić information content (AvgIpc) is 4.12. The molecule has 14 N–H and O–H groups in total. The zero-order valence-electron chi connectivity index (χ0n) is 42.2. The maximum atomic E-state index is 14.4. The van der Waals surface area contributed by atoms with Gasteiger partial charge in [0, 0.05) is 66.2 Å². The molecule has 0 spiro atoms. The number of fused-ring (bicyclic) bond motifs is 2. The van der Waals surface area contributed by atoms with Crippen LogP contribution in [0, 0.1) is 5.92 Å². The highest BCUT2D eigenvalue weighted by atomic mass is 32.2. The van der Waals surface area contributed by atoms with E-state index in [-0.39, 0.29) is 61.9 Å². The minimum absolute atomic E-state index is 0.0282. The van der Waals surface area contributed by atoms with E-state index in [9.17, 15) is 53.5 Å². The van der Waals surface area contributed by atoms with Crippen molar-refractivity contribution in [1.82, 2.24) is 53.0 Å². The van der Waals surface area contributed by atoms with Crippen LogP contribution in [0.1, 0.15) is 80.9 Å². The van der Waals surface area contributed by atoms with Crippen molar-refractivity contribution in [3.05, 3.63) is 102 Å². The lowest BCUT2D eigenvalue weighted by molar-refractivity contribution is -0.137. The van der Waals surface area contributed by atoms with Crippen LogP contribution in [0.5, 0.6) is 5.75 Å². The van der Waals surface area contributed by atoms with Crippen molar-refractivity contribution in [3.8, 4) is 5.75 Å². The highest BCUT2D eigenvalue weighted by Gasteiger charge is 2.42. The molecule has 1 aromatic heterocycles. The maximum Gasteiger partial charge on any atom is 0.315 e. The predicted octanol–water partition coefficient (Wildman–Crippen LogP) is 1.38. The first-order valence-corrected chi connectivity index (χ1v) is 26.7. The third-order valence-electron chi connectivity index (χ3n) is 13.4. The first kappa shape index (κ1) is 57.6. The fourth-order valence-electron chi connectivity index (χ4n) is 9.29. The largest absolute Gasteiger partial charge is 0.508 e. The van der Waals surface area contributed by atoms with Gasteiger partial charge in [0.05, 0.1) is 25.2 Å². The van der Waals surface area contributed by atoms with Crippen LogP contribution in [-0.2, 0) is 57.6 Å². The van der Waals surface area contributed by atoms with Gasteiger partial charge >= 0.3 is 6.03 Å². The van der Waals surface area contributed by atoms with Crippen LogP contribution in [0.4, 0.5) is 4.79 Å². The topological polar surface area (TPSA) is 344 Å². The van der Waals surface area contributed by atoms with Gasteiger partial charge < -0.3 is 58.4 Å². The predicted molar refractivity (Wildman–Crippen MR) is 283 cm³/mol. The number of nitrogens with one attached hydrogen (secondary N) is 10. The van der Waals surface area contributed by atoms with E-state index in [1.54, 1.807) is 23.8 Å². The highest BCUT2D eigenvalue weighted by molar-refractivity contribution is 8.00. The number of aromatic nitrogens is 1. The van der Waals surface area contributed by atoms with Crippen molar-refractivity contribution >= 4 is 76.0 Å².